The van der Waals surface area contributed by atoms with Gasteiger partial charge in [-0.1, -0.05) is 30.3 Å². The second-order valence-corrected chi connectivity index (χ2v) is 6.87. The molecule has 1 N–H and O–H groups in total. The van der Waals surface area contributed by atoms with Crippen molar-refractivity contribution < 1.29 is 14.3 Å². The molecule has 1 aromatic carbocycles. The van der Waals surface area contributed by atoms with E-state index in [0.717, 1.165) is 37.2 Å². The summed E-state index contributed by atoms with van der Waals surface area (Å²) in [6, 6.07) is 13.2. The molecule has 1 amide bonds. The predicted octanol–water partition coefficient (Wildman–Crippen LogP) is 3.19. The van der Waals surface area contributed by atoms with Crippen LogP contribution in [0.25, 0.3) is 0 Å². The number of carbonyl (C=O) groups excluding carboxylic acids is 1. The standard InChI is InChI=1S/C21H23N3O3/c25-18(19-9-6-12-27-19)15-23(14-16-7-2-1-3-8-16)21(26)17-13-22-20-10-4-5-11-24(17)20/h1-3,6-9,12-13,18,25H,4-5,10-11,14-15H2. The molecule has 4 rings (SSSR count). The first-order chi connectivity index (χ1) is 13.2. The lowest BCUT2D eigenvalue weighted by Gasteiger charge is -2.26. The molecule has 3 heterocycles. The van der Waals surface area contributed by atoms with E-state index in [-0.39, 0.29) is 12.5 Å². The Hall–Kier alpha value is -2.86. The lowest BCUT2D eigenvalue weighted by atomic mass is 10.1. The molecular formula is C21H23N3O3. The molecule has 0 spiro atoms. The van der Waals surface area contributed by atoms with E-state index in [0.29, 0.717) is 18.0 Å². The van der Waals surface area contributed by atoms with Crippen molar-refractivity contribution in [1.29, 1.82) is 0 Å². The van der Waals surface area contributed by atoms with Crippen LogP contribution < -0.4 is 0 Å². The lowest BCUT2D eigenvalue weighted by Crippen LogP contribution is -2.36. The fourth-order valence-electron chi connectivity index (χ4n) is 3.55. The van der Waals surface area contributed by atoms with Gasteiger partial charge in [0.15, 0.2) is 0 Å². The number of hydrogen-bond acceptors (Lipinski definition) is 4. The van der Waals surface area contributed by atoms with Gasteiger partial charge in [0.05, 0.1) is 19.0 Å². The molecule has 1 unspecified atom stereocenters. The molecule has 0 fully saturated rings. The number of aryl methyl sites for hydroxylation is 1. The highest BCUT2D eigenvalue weighted by atomic mass is 16.4. The van der Waals surface area contributed by atoms with Crippen LogP contribution in [-0.2, 0) is 19.5 Å². The van der Waals surface area contributed by atoms with Crippen molar-refractivity contribution in [2.45, 2.75) is 38.5 Å². The van der Waals surface area contributed by atoms with Crippen LogP contribution in [0.1, 0.15) is 46.6 Å². The molecule has 27 heavy (non-hydrogen) atoms. The van der Waals surface area contributed by atoms with Gasteiger partial charge in [0, 0.05) is 19.5 Å². The molecule has 0 radical (unpaired) electrons. The molecular weight excluding hydrogens is 342 g/mol. The lowest BCUT2D eigenvalue weighted by molar-refractivity contribution is 0.0552. The molecule has 6 nitrogen and oxygen atoms in total. The van der Waals surface area contributed by atoms with Crippen molar-refractivity contribution in [2.24, 2.45) is 0 Å². The first kappa shape index (κ1) is 17.5. The fourth-order valence-corrected chi connectivity index (χ4v) is 3.55. The smallest absolute Gasteiger partial charge is 0.272 e. The first-order valence-electron chi connectivity index (χ1n) is 9.31. The number of aliphatic hydroxyl groups is 1. The fraction of sp³-hybridized carbons (Fsp3) is 0.333. The minimum absolute atomic E-state index is 0.120. The third kappa shape index (κ3) is 3.80. The van der Waals surface area contributed by atoms with E-state index in [9.17, 15) is 9.90 Å². The highest BCUT2D eigenvalue weighted by Gasteiger charge is 2.26. The number of aromatic nitrogens is 2. The molecule has 1 aliphatic rings. The van der Waals surface area contributed by atoms with E-state index in [1.54, 1.807) is 23.2 Å². The Kier molecular flexibility index (Phi) is 5.07. The largest absolute Gasteiger partial charge is 0.467 e. The summed E-state index contributed by atoms with van der Waals surface area (Å²) in [7, 11) is 0. The Balaban J connectivity index is 1.60. The van der Waals surface area contributed by atoms with E-state index in [1.165, 1.54) is 6.26 Å². The molecule has 140 valence electrons. The molecule has 0 saturated carbocycles. The summed E-state index contributed by atoms with van der Waals surface area (Å²) in [6.45, 7) is 1.38. The average Bonchev–Trinajstić information content (AvgIpc) is 3.38. The van der Waals surface area contributed by atoms with Crippen LogP contribution in [0.15, 0.2) is 59.3 Å². The van der Waals surface area contributed by atoms with Gasteiger partial charge in [-0.3, -0.25) is 4.79 Å². The van der Waals surface area contributed by atoms with E-state index < -0.39 is 6.10 Å². The van der Waals surface area contributed by atoms with Crippen LogP contribution in [0.2, 0.25) is 0 Å². The van der Waals surface area contributed by atoms with Gasteiger partial charge in [-0.15, -0.1) is 0 Å². The molecule has 0 bridgehead atoms. The van der Waals surface area contributed by atoms with E-state index in [1.807, 2.05) is 34.9 Å². The number of hydrogen-bond donors (Lipinski definition) is 1. The van der Waals surface area contributed by atoms with Crippen LogP contribution in [-0.4, -0.2) is 32.0 Å². The maximum Gasteiger partial charge on any atom is 0.272 e. The Bertz CT molecular complexity index is 887. The third-order valence-corrected chi connectivity index (χ3v) is 4.96. The number of nitrogens with zero attached hydrogens (tertiary/aromatic N) is 3. The van der Waals surface area contributed by atoms with Gasteiger partial charge in [0.2, 0.25) is 0 Å². The van der Waals surface area contributed by atoms with Crippen LogP contribution in [0.5, 0.6) is 0 Å². The van der Waals surface area contributed by atoms with Crippen molar-refractivity contribution in [3.05, 3.63) is 77.8 Å². The summed E-state index contributed by atoms with van der Waals surface area (Å²) >= 11 is 0. The van der Waals surface area contributed by atoms with Gasteiger partial charge in [-0.05, 0) is 30.5 Å². The minimum atomic E-state index is -0.878. The number of benzene rings is 1. The van der Waals surface area contributed by atoms with E-state index in [2.05, 4.69) is 4.98 Å². The second kappa shape index (κ2) is 7.80. The summed E-state index contributed by atoms with van der Waals surface area (Å²) < 4.78 is 7.32. The molecule has 6 heteroatoms. The Morgan fingerprint density at radius 2 is 2.07 bits per heavy atom. The molecule has 3 aromatic rings. The maximum absolute atomic E-state index is 13.3. The number of imidazole rings is 1. The zero-order valence-electron chi connectivity index (χ0n) is 15.1. The zero-order chi connectivity index (χ0) is 18.6. The quantitative estimate of drug-likeness (QED) is 0.728. The third-order valence-electron chi connectivity index (χ3n) is 4.96. The van der Waals surface area contributed by atoms with Gasteiger partial charge in [0.1, 0.15) is 23.4 Å². The summed E-state index contributed by atoms with van der Waals surface area (Å²) in [5.74, 6) is 1.30. The van der Waals surface area contributed by atoms with Gasteiger partial charge < -0.3 is 19.0 Å². The number of furan rings is 1. The Labute approximate surface area is 158 Å². The molecule has 1 aliphatic heterocycles. The normalized spacial score (nSPS) is 14.6. The highest BCUT2D eigenvalue weighted by molar-refractivity contribution is 5.92. The Morgan fingerprint density at radius 3 is 2.85 bits per heavy atom. The van der Waals surface area contributed by atoms with Gasteiger partial charge in [-0.2, -0.15) is 0 Å². The zero-order valence-corrected chi connectivity index (χ0v) is 15.1. The SMILES string of the molecule is O=C(c1cnc2n1CCCC2)N(Cc1ccccc1)CC(O)c1ccco1. The Morgan fingerprint density at radius 1 is 1.22 bits per heavy atom. The molecule has 1 atom stereocenters. The summed E-state index contributed by atoms with van der Waals surface area (Å²) in [5, 5.41) is 10.5. The average molecular weight is 365 g/mol. The molecule has 0 aliphatic carbocycles. The van der Waals surface area contributed by atoms with Gasteiger partial charge in [-0.25, -0.2) is 4.98 Å². The van der Waals surface area contributed by atoms with Crippen LogP contribution in [0.3, 0.4) is 0 Å². The van der Waals surface area contributed by atoms with Crippen LogP contribution >= 0.6 is 0 Å². The first-order valence-corrected chi connectivity index (χ1v) is 9.31. The number of fused-ring (bicyclic) bond motifs is 1. The summed E-state index contributed by atoms with van der Waals surface area (Å²) in [4.78, 5) is 19.4. The summed E-state index contributed by atoms with van der Waals surface area (Å²) in [6.07, 6.45) is 5.38. The van der Waals surface area contributed by atoms with Crippen molar-refractivity contribution >= 4 is 5.91 Å². The predicted molar refractivity (Wildman–Crippen MR) is 100 cm³/mol. The van der Waals surface area contributed by atoms with Gasteiger partial charge >= 0.3 is 0 Å². The van der Waals surface area contributed by atoms with Crippen molar-refractivity contribution in [2.75, 3.05) is 6.54 Å². The molecule has 2 aromatic heterocycles. The summed E-state index contributed by atoms with van der Waals surface area (Å²) in [5.41, 5.74) is 1.60. The van der Waals surface area contributed by atoms with Gasteiger partial charge in [0.25, 0.3) is 5.91 Å². The number of aliphatic hydroxyl groups excluding tert-OH is 1. The van der Waals surface area contributed by atoms with E-state index >= 15 is 0 Å². The number of amides is 1. The number of rotatable bonds is 6. The maximum atomic E-state index is 13.3. The van der Waals surface area contributed by atoms with E-state index in [4.69, 9.17) is 4.42 Å². The topological polar surface area (TPSA) is 71.5 Å². The molecule has 0 saturated heterocycles. The number of carbonyl (C=O) groups is 1. The van der Waals surface area contributed by atoms with Crippen molar-refractivity contribution in [3.8, 4) is 0 Å². The van der Waals surface area contributed by atoms with Crippen molar-refractivity contribution in [1.82, 2.24) is 14.5 Å². The monoisotopic (exact) mass is 365 g/mol. The van der Waals surface area contributed by atoms with Crippen LogP contribution in [0.4, 0.5) is 0 Å². The second-order valence-electron chi connectivity index (χ2n) is 6.87. The van der Waals surface area contributed by atoms with Crippen molar-refractivity contribution in [3.63, 3.8) is 0 Å². The highest BCUT2D eigenvalue weighted by Crippen LogP contribution is 2.21. The minimum Gasteiger partial charge on any atom is -0.467 e. The van der Waals surface area contributed by atoms with Crippen LogP contribution in [0, 0.1) is 0 Å².